The van der Waals surface area contributed by atoms with E-state index in [2.05, 4.69) is 53.4 Å². The number of rotatable bonds is 5. The van der Waals surface area contributed by atoms with Gasteiger partial charge in [0, 0.05) is 47.8 Å². The monoisotopic (exact) mass is 426 g/mol. The number of anilines is 1. The molecule has 0 spiro atoms. The van der Waals surface area contributed by atoms with Crippen molar-refractivity contribution in [3.05, 3.63) is 66.7 Å². The zero-order valence-corrected chi connectivity index (χ0v) is 18.9. The Morgan fingerprint density at radius 3 is 2.38 bits per heavy atom. The number of nitrogens with zero attached hydrogens (tertiary/aromatic N) is 5. The van der Waals surface area contributed by atoms with Gasteiger partial charge in [0.05, 0.1) is 11.3 Å². The molecule has 2 N–H and O–H groups in total. The van der Waals surface area contributed by atoms with Gasteiger partial charge in [0.15, 0.2) is 5.65 Å². The molecule has 5 rings (SSSR count). The molecule has 0 saturated carbocycles. The SMILES string of the molecule is CCC1CC(c2ccnc3c(-c4ccc(N)cc4)c(-c4ccncc4)nn23)C(C)N1CC. The molecule has 0 bridgehead atoms. The Morgan fingerprint density at radius 1 is 0.969 bits per heavy atom. The van der Waals surface area contributed by atoms with Crippen LogP contribution in [0.3, 0.4) is 0 Å². The summed E-state index contributed by atoms with van der Waals surface area (Å²) in [6, 6.07) is 15.2. The standard InChI is InChI=1S/C26H30N6/c1-4-21-16-22(17(3)31(21)5-2)23-12-15-29-26-24(18-6-8-20(27)9-7-18)25(30-32(23)26)19-10-13-28-14-11-19/h6-15,17,21-22H,4-5,16,27H2,1-3H3. The number of fused-ring (bicyclic) bond motifs is 1. The molecule has 3 unspecified atom stereocenters. The highest BCUT2D eigenvalue weighted by molar-refractivity contribution is 5.90. The lowest BCUT2D eigenvalue weighted by Crippen LogP contribution is -2.35. The Bertz CT molecular complexity index is 1210. The summed E-state index contributed by atoms with van der Waals surface area (Å²) in [6.07, 6.45) is 7.87. The van der Waals surface area contributed by atoms with Crippen LogP contribution in [0, 0.1) is 0 Å². The van der Waals surface area contributed by atoms with E-state index in [1.807, 2.05) is 42.9 Å². The van der Waals surface area contributed by atoms with E-state index >= 15 is 0 Å². The summed E-state index contributed by atoms with van der Waals surface area (Å²) in [4.78, 5) is 11.6. The van der Waals surface area contributed by atoms with Gasteiger partial charge in [-0.3, -0.25) is 9.88 Å². The third-order valence-electron chi connectivity index (χ3n) is 7.02. The van der Waals surface area contributed by atoms with Crippen LogP contribution in [0.2, 0.25) is 0 Å². The lowest BCUT2D eigenvalue weighted by Gasteiger charge is -2.27. The zero-order chi connectivity index (χ0) is 22.2. The first-order chi connectivity index (χ1) is 15.6. The lowest BCUT2D eigenvalue weighted by atomic mass is 9.95. The fourth-order valence-electron chi connectivity index (χ4n) is 5.38. The maximum atomic E-state index is 5.97. The van der Waals surface area contributed by atoms with Gasteiger partial charge in [-0.15, -0.1) is 0 Å². The van der Waals surface area contributed by atoms with Crippen LogP contribution in [-0.4, -0.2) is 43.1 Å². The van der Waals surface area contributed by atoms with Crippen molar-refractivity contribution >= 4 is 11.3 Å². The highest BCUT2D eigenvalue weighted by Gasteiger charge is 2.39. The minimum absolute atomic E-state index is 0.412. The van der Waals surface area contributed by atoms with Crippen LogP contribution in [0.1, 0.15) is 45.2 Å². The van der Waals surface area contributed by atoms with Crippen LogP contribution in [-0.2, 0) is 0 Å². The quantitative estimate of drug-likeness (QED) is 0.454. The average molecular weight is 427 g/mol. The van der Waals surface area contributed by atoms with Crippen LogP contribution in [0.4, 0.5) is 5.69 Å². The second kappa shape index (κ2) is 8.36. The van der Waals surface area contributed by atoms with Crippen LogP contribution < -0.4 is 5.73 Å². The fraction of sp³-hybridized carbons (Fsp3) is 0.346. The number of benzene rings is 1. The Hall–Kier alpha value is -3.25. The molecule has 32 heavy (non-hydrogen) atoms. The van der Waals surface area contributed by atoms with E-state index in [9.17, 15) is 0 Å². The molecule has 1 fully saturated rings. The molecule has 1 aliphatic heterocycles. The first kappa shape index (κ1) is 20.6. The van der Waals surface area contributed by atoms with Gasteiger partial charge in [-0.2, -0.15) is 5.10 Å². The number of nitrogens with two attached hydrogens (primary N) is 1. The molecule has 6 heteroatoms. The summed E-state index contributed by atoms with van der Waals surface area (Å²) in [5, 5.41) is 5.14. The average Bonchev–Trinajstić information content (AvgIpc) is 3.37. The van der Waals surface area contributed by atoms with Crippen molar-refractivity contribution in [2.45, 2.75) is 51.6 Å². The molecule has 1 saturated heterocycles. The zero-order valence-electron chi connectivity index (χ0n) is 18.9. The van der Waals surface area contributed by atoms with Gasteiger partial charge in [-0.1, -0.05) is 26.0 Å². The van der Waals surface area contributed by atoms with Crippen LogP contribution in [0.15, 0.2) is 61.1 Å². The van der Waals surface area contributed by atoms with Crippen molar-refractivity contribution in [2.75, 3.05) is 12.3 Å². The van der Waals surface area contributed by atoms with Gasteiger partial charge in [-0.25, -0.2) is 9.50 Å². The van der Waals surface area contributed by atoms with E-state index in [0.717, 1.165) is 46.7 Å². The van der Waals surface area contributed by atoms with Gasteiger partial charge in [0.1, 0.15) is 5.69 Å². The summed E-state index contributed by atoms with van der Waals surface area (Å²) >= 11 is 0. The maximum absolute atomic E-state index is 5.97. The van der Waals surface area contributed by atoms with E-state index in [0.29, 0.717) is 18.0 Å². The van der Waals surface area contributed by atoms with Crippen molar-refractivity contribution in [3.8, 4) is 22.4 Å². The minimum Gasteiger partial charge on any atom is -0.399 e. The highest BCUT2D eigenvalue weighted by Crippen LogP contribution is 2.40. The van der Waals surface area contributed by atoms with Gasteiger partial charge in [-0.05, 0) is 62.2 Å². The van der Waals surface area contributed by atoms with Crippen LogP contribution in [0.5, 0.6) is 0 Å². The summed E-state index contributed by atoms with van der Waals surface area (Å²) in [7, 11) is 0. The molecule has 1 aromatic carbocycles. The van der Waals surface area contributed by atoms with Crippen molar-refractivity contribution in [2.24, 2.45) is 0 Å². The normalized spacial score (nSPS) is 21.4. The second-order valence-electron chi connectivity index (χ2n) is 8.66. The Kier molecular flexibility index (Phi) is 5.39. The summed E-state index contributed by atoms with van der Waals surface area (Å²) in [5.74, 6) is 0.412. The first-order valence-electron chi connectivity index (χ1n) is 11.5. The topological polar surface area (TPSA) is 72.3 Å². The number of pyridine rings is 1. The summed E-state index contributed by atoms with van der Waals surface area (Å²) < 4.78 is 2.08. The van der Waals surface area contributed by atoms with Gasteiger partial charge >= 0.3 is 0 Å². The third-order valence-corrected chi connectivity index (χ3v) is 7.02. The first-order valence-corrected chi connectivity index (χ1v) is 11.5. The van der Waals surface area contributed by atoms with E-state index in [-0.39, 0.29) is 0 Å². The lowest BCUT2D eigenvalue weighted by molar-refractivity contribution is 0.205. The van der Waals surface area contributed by atoms with Crippen molar-refractivity contribution in [3.63, 3.8) is 0 Å². The number of hydrogen-bond donors (Lipinski definition) is 1. The number of aromatic nitrogens is 4. The molecule has 1 aliphatic rings. The van der Waals surface area contributed by atoms with Gasteiger partial charge in [0.25, 0.3) is 0 Å². The van der Waals surface area contributed by atoms with E-state index in [1.165, 1.54) is 12.1 Å². The molecular formula is C26H30N6. The second-order valence-corrected chi connectivity index (χ2v) is 8.66. The molecule has 6 nitrogen and oxygen atoms in total. The number of nitrogen functional groups attached to an aromatic ring is 1. The van der Waals surface area contributed by atoms with Crippen molar-refractivity contribution < 1.29 is 0 Å². The van der Waals surface area contributed by atoms with E-state index in [1.54, 1.807) is 0 Å². The number of likely N-dealkylation sites (N-methyl/N-ethyl adjacent to an activating group) is 1. The molecule has 4 aromatic rings. The minimum atomic E-state index is 0.412. The molecule has 3 atom stereocenters. The van der Waals surface area contributed by atoms with Gasteiger partial charge < -0.3 is 5.73 Å². The van der Waals surface area contributed by atoms with Gasteiger partial charge in [0.2, 0.25) is 0 Å². The number of hydrogen-bond acceptors (Lipinski definition) is 5. The van der Waals surface area contributed by atoms with Crippen molar-refractivity contribution in [1.29, 1.82) is 0 Å². The fourth-order valence-corrected chi connectivity index (χ4v) is 5.38. The molecular weight excluding hydrogens is 396 g/mol. The van der Waals surface area contributed by atoms with Crippen molar-refractivity contribution in [1.82, 2.24) is 24.5 Å². The maximum Gasteiger partial charge on any atom is 0.163 e. The molecule has 164 valence electrons. The third kappa shape index (κ3) is 3.35. The molecule has 4 heterocycles. The van der Waals surface area contributed by atoms with Crippen LogP contribution >= 0.6 is 0 Å². The Balaban J connectivity index is 1.72. The molecule has 0 amide bonds. The summed E-state index contributed by atoms with van der Waals surface area (Å²) in [6.45, 7) is 7.98. The Labute approximate surface area is 189 Å². The van der Waals surface area contributed by atoms with E-state index in [4.69, 9.17) is 15.8 Å². The highest BCUT2D eigenvalue weighted by atomic mass is 15.3. The number of likely N-dealkylation sites (tertiary alicyclic amines) is 1. The largest absolute Gasteiger partial charge is 0.399 e. The van der Waals surface area contributed by atoms with Crippen LogP contribution in [0.25, 0.3) is 28.0 Å². The smallest absolute Gasteiger partial charge is 0.163 e. The predicted octanol–water partition coefficient (Wildman–Crippen LogP) is 5.02. The molecule has 0 aliphatic carbocycles. The van der Waals surface area contributed by atoms with E-state index < -0.39 is 0 Å². The molecule has 0 radical (unpaired) electrons. The molecule has 3 aromatic heterocycles. The Morgan fingerprint density at radius 2 is 1.72 bits per heavy atom. The predicted molar refractivity (Wildman–Crippen MR) is 129 cm³/mol. The summed E-state index contributed by atoms with van der Waals surface area (Å²) in [5.41, 5.74) is 12.9.